The van der Waals surface area contributed by atoms with E-state index in [0.717, 1.165) is 16.7 Å². The number of nitrogens with one attached hydrogen (secondary N) is 2. The molecular weight excluding hydrogens is 608 g/mol. The summed E-state index contributed by atoms with van der Waals surface area (Å²) in [4.78, 5) is 13.7. The fourth-order valence-corrected chi connectivity index (χ4v) is 6.56. The van der Waals surface area contributed by atoms with Gasteiger partial charge in [0.15, 0.2) is 23.2 Å². The number of hydrogen-bond acceptors (Lipinski definition) is 10. The van der Waals surface area contributed by atoms with Crippen molar-refractivity contribution >= 4 is 27.0 Å². The first kappa shape index (κ1) is 31.7. The van der Waals surface area contributed by atoms with Gasteiger partial charge in [-0.2, -0.15) is 0 Å². The average Bonchev–Trinajstić information content (AvgIpc) is 3.61. The minimum absolute atomic E-state index is 0.0229. The molecule has 1 aliphatic heterocycles. The second kappa shape index (κ2) is 14.0. The number of methoxy groups -OCH3 is 1. The van der Waals surface area contributed by atoms with Gasteiger partial charge < -0.3 is 25.0 Å². The standard InChI is InChI=1S/C33H36N6O6S/c1-44-19-26-29(40)30(41)33(45-26)39-21-35-28-31(34-18-25(23-13-7-3-8-14-23)24-15-9-4-10-16-24)37-27(38-32(28)39)20-46(42,43)36-17-22-11-5-2-6-12-22/h2-16,21,25-26,29-30,33,36,40-41H,17-20H2,1H3,(H,34,37,38)/t26-,29-,30-,33?/m1/s1. The highest BCUT2D eigenvalue weighted by Gasteiger charge is 2.44. The van der Waals surface area contributed by atoms with Gasteiger partial charge in [-0.05, 0) is 16.7 Å². The normalized spacial score (nSPS) is 20.0. The summed E-state index contributed by atoms with van der Waals surface area (Å²) < 4.78 is 41.6. The molecule has 1 aliphatic rings. The Morgan fingerprint density at radius 3 is 2.17 bits per heavy atom. The van der Waals surface area contributed by atoms with Gasteiger partial charge in [-0.3, -0.25) is 4.57 Å². The molecular formula is C33H36N6O6S. The number of imidazole rings is 1. The number of nitrogens with zero attached hydrogens (tertiary/aromatic N) is 4. The third-order valence-corrected chi connectivity index (χ3v) is 9.17. The summed E-state index contributed by atoms with van der Waals surface area (Å²) in [7, 11) is -2.38. The molecule has 2 aromatic heterocycles. The van der Waals surface area contributed by atoms with Crippen LogP contribution in [0.25, 0.3) is 11.2 Å². The van der Waals surface area contributed by atoms with E-state index < -0.39 is 40.3 Å². The zero-order chi connectivity index (χ0) is 32.1. The molecule has 5 aromatic rings. The molecule has 6 rings (SSSR count). The largest absolute Gasteiger partial charge is 0.387 e. The van der Waals surface area contributed by atoms with Crippen LogP contribution >= 0.6 is 0 Å². The monoisotopic (exact) mass is 644 g/mol. The van der Waals surface area contributed by atoms with E-state index in [0.29, 0.717) is 17.9 Å². The van der Waals surface area contributed by atoms with Gasteiger partial charge in [-0.15, -0.1) is 0 Å². The van der Waals surface area contributed by atoms with Gasteiger partial charge in [0.05, 0.1) is 12.9 Å². The van der Waals surface area contributed by atoms with E-state index in [9.17, 15) is 18.6 Å². The predicted octanol–water partition coefficient (Wildman–Crippen LogP) is 2.96. The molecule has 0 saturated carbocycles. The van der Waals surface area contributed by atoms with Gasteiger partial charge in [0.2, 0.25) is 10.0 Å². The molecule has 0 amide bonds. The van der Waals surface area contributed by atoms with Crippen molar-refractivity contribution in [3.8, 4) is 0 Å². The van der Waals surface area contributed by atoms with Gasteiger partial charge >= 0.3 is 0 Å². The lowest BCUT2D eigenvalue weighted by atomic mass is 9.91. The van der Waals surface area contributed by atoms with Crippen LogP contribution in [0.3, 0.4) is 0 Å². The summed E-state index contributed by atoms with van der Waals surface area (Å²) in [5, 5.41) is 24.9. The van der Waals surface area contributed by atoms with Crippen molar-refractivity contribution in [2.75, 3.05) is 25.6 Å². The Balaban J connectivity index is 1.35. The topological polar surface area (TPSA) is 161 Å². The quantitative estimate of drug-likeness (QED) is 0.150. The highest BCUT2D eigenvalue weighted by Crippen LogP contribution is 2.33. The zero-order valence-electron chi connectivity index (χ0n) is 25.2. The van der Waals surface area contributed by atoms with Crippen LogP contribution in [0.5, 0.6) is 0 Å². The van der Waals surface area contributed by atoms with Crippen molar-refractivity contribution < 1.29 is 28.1 Å². The van der Waals surface area contributed by atoms with Crippen molar-refractivity contribution in [1.82, 2.24) is 24.2 Å². The van der Waals surface area contributed by atoms with E-state index in [2.05, 4.69) is 49.3 Å². The minimum Gasteiger partial charge on any atom is -0.387 e. The van der Waals surface area contributed by atoms with Crippen LogP contribution in [0, 0.1) is 0 Å². The fraction of sp³-hybridized carbons (Fsp3) is 0.303. The van der Waals surface area contributed by atoms with Gasteiger partial charge in [0.25, 0.3) is 0 Å². The smallest absolute Gasteiger partial charge is 0.219 e. The minimum atomic E-state index is -3.86. The number of anilines is 1. The number of benzene rings is 3. The summed E-state index contributed by atoms with van der Waals surface area (Å²) in [5.41, 5.74) is 3.60. The van der Waals surface area contributed by atoms with Crippen molar-refractivity contribution in [3.63, 3.8) is 0 Å². The van der Waals surface area contributed by atoms with E-state index in [1.807, 2.05) is 66.7 Å². The number of fused-ring (bicyclic) bond motifs is 1. The Bertz CT molecular complexity index is 1800. The average molecular weight is 645 g/mol. The lowest BCUT2D eigenvalue weighted by Crippen LogP contribution is -2.33. The SMILES string of the molecule is COC[C@H]1OC(n2cnc3c(NCC(c4ccccc4)c4ccccc4)nc(CS(=O)(=O)NCc4ccccc4)nc32)[C@H](O)[C@@H]1O. The number of aliphatic hydroxyl groups excluding tert-OH is 2. The van der Waals surface area contributed by atoms with Gasteiger partial charge in [0.1, 0.15) is 29.9 Å². The summed E-state index contributed by atoms with van der Waals surface area (Å²) >= 11 is 0. The van der Waals surface area contributed by atoms with Crippen LogP contribution in [0.2, 0.25) is 0 Å². The number of ether oxygens (including phenoxy) is 2. The number of aromatic nitrogens is 4. The van der Waals surface area contributed by atoms with Gasteiger partial charge in [0, 0.05) is 26.1 Å². The molecule has 3 heterocycles. The first-order chi connectivity index (χ1) is 22.3. The van der Waals surface area contributed by atoms with E-state index in [1.165, 1.54) is 18.0 Å². The Labute approximate surface area is 267 Å². The molecule has 12 nitrogen and oxygen atoms in total. The third kappa shape index (κ3) is 7.09. The van der Waals surface area contributed by atoms with Crippen LogP contribution in [-0.4, -0.2) is 76.7 Å². The fourth-order valence-electron chi connectivity index (χ4n) is 5.60. The number of aliphatic hydroxyl groups is 2. The predicted molar refractivity (Wildman–Crippen MR) is 172 cm³/mol. The number of sulfonamides is 1. The summed E-state index contributed by atoms with van der Waals surface area (Å²) in [5.74, 6) is -0.205. The van der Waals surface area contributed by atoms with Gasteiger partial charge in [-0.25, -0.2) is 28.1 Å². The van der Waals surface area contributed by atoms with Crippen LogP contribution in [0.1, 0.15) is 34.7 Å². The molecule has 1 saturated heterocycles. The summed E-state index contributed by atoms with van der Waals surface area (Å²) in [6, 6.07) is 29.3. The second-order valence-corrected chi connectivity index (χ2v) is 12.9. The maximum Gasteiger partial charge on any atom is 0.219 e. The molecule has 1 fully saturated rings. The first-order valence-corrected chi connectivity index (χ1v) is 16.6. The molecule has 0 radical (unpaired) electrons. The lowest BCUT2D eigenvalue weighted by Gasteiger charge is -2.20. The van der Waals surface area contributed by atoms with E-state index in [-0.39, 0.29) is 30.5 Å². The maximum absolute atomic E-state index is 13.2. The highest BCUT2D eigenvalue weighted by atomic mass is 32.2. The summed E-state index contributed by atoms with van der Waals surface area (Å²) in [6.07, 6.45) is -2.88. The first-order valence-electron chi connectivity index (χ1n) is 14.9. The molecule has 4 N–H and O–H groups in total. The molecule has 3 aromatic carbocycles. The Morgan fingerprint density at radius 2 is 1.54 bits per heavy atom. The second-order valence-electron chi connectivity index (χ2n) is 11.1. The molecule has 4 atom stereocenters. The number of rotatable bonds is 13. The van der Waals surface area contributed by atoms with E-state index in [1.54, 1.807) is 0 Å². The molecule has 0 aliphatic carbocycles. The van der Waals surface area contributed by atoms with Crippen LogP contribution < -0.4 is 10.0 Å². The molecule has 1 unspecified atom stereocenters. The molecule has 240 valence electrons. The maximum atomic E-state index is 13.2. The van der Waals surface area contributed by atoms with Crippen molar-refractivity contribution in [2.45, 2.75) is 42.8 Å². The Morgan fingerprint density at radius 1 is 0.913 bits per heavy atom. The van der Waals surface area contributed by atoms with Crippen LogP contribution in [0.15, 0.2) is 97.3 Å². The van der Waals surface area contributed by atoms with E-state index in [4.69, 9.17) is 9.47 Å². The van der Waals surface area contributed by atoms with Gasteiger partial charge in [-0.1, -0.05) is 91.0 Å². The molecule has 46 heavy (non-hydrogen) atoms. The summed E-state index contributed by atoms with van der Waals surface area (Å²) in [6.45, 7) is 0.605. The Hall–Kier alpha value is -4.24. The van der Waals surface area contributed by atoms with Crippen LogP contribution in [-0.2, 0) is 31.8 Å². The lowest BCUT2D eigenvalue weighted by molar-refractivity contribution is -0.0580. The number of hydrogen-bond donors (Lipinski definition) is 4. The van der Waals surface area contributed by atoms with E-state index >= 15 is 0 Å². The zero-order valence-corrected chi connectivity index (χ0v) is 26.0. The van der Waals surface area contributed by atoms with Crippen molar-refractivity contribution in [2.24, 2.45) is 0 Å². The van der Waals surface area contributed by atoms with Crippen LogP contribution in [0.4, 0.5) is 5.82 Å². The Kier molecular flexibility index (Phi) is 9.68. The van der Waals surface area contributed by atoms with Crippen molar-refractivity contribution in [1.29, 1.82) is 0 Å². The molecule has 0 spiro atoms. The molecule has 13 heteroatoms. The highest BCUT2D eigenvalue weighted by molar-refractivity contribution is 7.88. The third-order valence-electron chi connectivity index (χ3n) is 7.95. The molecule has 0 bridgehead atoms. The van der Waals surface area contributed by atoms with Crippen molar-refractivity contribution in [3.05, 3.63) is 120 Å².